The van der Waals surface area contributed by atoms with Crippen molar-refractivity contribution in [3.05, 3.63) is 59.0 Å². The van der Waals surface area contributed by atoms with E-state index < -0.39 is 45.1 Å². The van der Waals surface area contributed by atoms with Gasteiger partial charge in [0.1, 0.15) is 11.5 Å². The number of halogens is 1. The molecule has 1 atom stereocenters. The van der Waals surface area contributed by atoms with E-state index in [9.17, 15) is 27.5 Å². The normalized spacial score (nSPS) is 18.0. The largest absolute Gasteiger partial charge is 0.477 e. The SMILES string of the molecule is C[C@@H](c1cccc2c(-c3ccc(CS(C)(=O)=O)c(F)c3)c(C(=O)O)[nH]c12)N1CC2(CNC2)OC1=O. The van der Waals surface area contributed by atoms with Gasteiger partial charge < -0.3 is 20.1 Å². The lowest BCUT2D eigenvalue weighted by Gasteiger charge is -2.36. The van der Waals surface area contributed by atoms with Gasteiger partial charge in [0, 0.05) is 35.9 Å². The van der Waals surface area contributed by atoms with E-state index >= 15 is 0 Å². The maximum absolute atomic E-state index is 14.8. The summed E-state index contributed by atoms with van der Waals surface area (Å²) in [4.78, 5) is 29.3. The van der Waals surface area contributed by atoms with Gasteiger partial charge in [-0.05, 0) is 24.1 Å². The van der Waals surface area contributed by atoms with Crippen LogP contribution in [-0.4, -0.2) is 67.0 Å². The molecule has 2 fully saturated rings. The molecule has 1 amide bonds. The molecule has 3 heterocycles. The van der Waals surface area contributed by atoms with E-state index in [1.54, 1.807) is 17.0 Å². The second-order valence-electron chi connectivity index (χ2n) is 9.28. The summed E-state index contributed by atoms with van der Waals surface area (Å²) >= 11 is 0. The molecule has 9 nitrogen and oxygen atoms in total. The summed E-state index contributed by atoms with van der Waals surface area (Å²) in [5, 5.41) is 13.6. The van der Waals surface area contributed by atoms with Crippen LogP contribution in [0, 0.1) is 5.82 Å². The van der Waals surface area contributed by atoms with Crippen molar-refractivity contribution < 1.29 is 32.2 Å². The van der Waals surface area contributed by atoms with Crippen molar-refractivity contribution in [3.63, 3.8) is 0 Å². The van der Waals surface area contributed by atoms with Crippen LogP contribution >= 0.6 is 0 Å². The highest BCUT2D eigenvalue weighted by atomic mass is 32.2. The average Bonchev–Trinajstić information content (AvgIpc) is 3.32. The van der Waals surface area contributed by atoms with Crippen molar-refractivity contribution in [2.24, 2.45) is 0 Å². The molecule has 3 aromatic rings. The number of hydrogen-bond acceptors (Lipinski definition) is 6. The van der Waals surface area contributed by atoms with Gasteiger partial charge in [-0.25, -0.2) is 22.4 Å². The van der Waals surface area contributed by atoms with Crippen LogP contribution < -0.4 is 5.32 Å². The van der Waals surface area contributed by atoms with Crippen LogP contribution in [0.3, 0.4) is 0 Å². The summed E-state index contributed by atoms with van der Waals surface area (Å²) in [6.45, 7) is 3.44. The van der Waals surface area contributed by atoms with E-state index in [0.29, 0.717) is 41.7 Å². The van der Waals surface area contributed by atoms with Crippen molar-refractivity contribution >= 4 is 32.8 Å². The van der Waals surface area contributed by atoms with Gasteiger partial charge >= 0.3 is 12.1 Å². The number of sulfone groups is 1. The summed E-state index contributed by atoms with van der Waals surface area (Å²) in [7, 11) is -3.44. The quantitative estimate of drug-likeness (QED) is 0.473. The Hall–Kier alpha value is -3.44. The third kappa shape index (κ3) is 4.04. The van der Waals surface area contributed by atoms with Gasteiger partial charge in [0.05, 0.1) is 23.9 Å². The molecule has 184 valence electrons. The number of hydrogen-bond donors (Lipinski definition) is 3. The third-order valence-electron chi connectivity index (χ3n) is 6.65. The Labute approximate surface area is 200 Å². The van der Waals surface area contributed by atoms with Crippen LogP contribution in [0.25, 0.3) is 22.0 Å². The van der Waals surface area contributed by atoms with Crippen LogP contribution in [0.2, 0.25) is 0 Å². The molecule has 2 aliphatic rings. The molecular weight excluding hydrogens is 477 g/mol. The number of rotatable bonds is 6. The third-order valence-corrected chi connectivity index (χ3v) is 7.48. The first kappa shape index (κ1) is 23.3. The smallest absolute Gasteiger partial charge is 0.411 e. The predicted molar refractivity (Wildman–Crippen MR) is 126 cm³/mol. The Balaban J connectivity index is 1.59. The molecule has 0 unspecified atom stereocenters. The molecule has 0 aliphatic carbocycles. The summed E-state index contributed by atoms with van der Waals surface area (Å²) in [6.07, 6.45) is 0.592. The van der Waals surface area contributed by atoms with Crippen molar-refractivity contribution in [1.82, 2.24) is 15.2 Å². The molecule has 2 aromatic carbocycles. The molecule has 3 N–H and O–H groups in total. The van der Waals surface area contributed by atoms with Crippen molar-refractivity contribution in [3.8, 4) is 11.1 Å². The number of carboxylic acids is 1. The Morgan fingerprint density at radius 3 is 2.60 bits per heavy atom. The first-order chi connectivity index (χ1) is 16.5. The van der Waals surface area contributed by atoms with Gasteiger partial charge in [-0.2, -0.15) is 0 Å². The Bertz CT molecular complexity index is 1480. The number of para-hydroxylation sites is 1. The van der Waals surface area contributed by atoms with Gasteiger partial charge in [0.15, 0.2) is 15.4 Å². The zero-order valence-electron chi connectivity index (χ0n) is 19.1. The second-order valence-corrected chi connectivity index (χ2v) is 11.4. The summed E-state index contributed by atoms with van der Waals surface area (Å²) in [5.41, 5.74) is 1.16. The fourth-order valence-corrected chi connectivity index (χ4v) is 5.65. The van der Waals surface area contributed by atoms with E-state index in [4.69, 9.17) is 4.74 Å². The zero-order chi connectivity index (χ0) is 25.1. The number of nitrogens with one attached hydrogen (secondary N) is 2. The number of carbonyl (C=O) groups excluding carboxylic acids is 1. The minimum atomic E-state index is -3.44. The molecule has 1 aromatic heterocycles. The predicted octanol–water partition coefficient (Wildman–Crippen LogP) is 3.07. The van der Waals surface area contributed by atoms with E-state index in [-0.39, 0.29) is 16.8 Å². The number of fused-ring (bicyclic) bond motifs is 1. The van der Waals surface area contributed by atoms with Gasteiger partial charge in [-0.15, -0.1) is 0 Å². The summed E-state index contributed by atoms with van der Waals surface area (Å²) < 4.78 is 43.6. The average molecular weight is 502 g/mol. The highest BCUT2D eigenvalue weighted by Crippen LogP contribution is 2.39. The minimum absolute atomic E-state index is 0.00855. The maximum Gasteiger partial charge on any atom is 0.411 e. The molecule has 11 heteroatoms. The molecule has 35 heavy (non-hydrogen) atoms. The van der Waals surface area contributed by atoms with Crippen LogP contribution in [-0.2, 0) is 20.3 Å². The lowest BCUT2D eigenvalue weighted by Crippen LogP contribution is -2.61. The molecule has 0 saturated carbocycles. The number of carboxylic acid groups (broad SMARTS) is 1. The van der Waals surface area contributed by atoms with Crippen molar-refractivity contribution in [2.75, 3.05) is 25.9 Å². The van der Waals surface area contributed by atoms with E-state index in [2.05, 4.69) is 10.3 Å². The van der Waals surface area contributed by atoms with Crippen molar-refractivity contribution in [1.29, 1.82) is 0 Å². The number of ether oxygens (including phenoxy) is 1. The molecule has 0 bridgehead atoms. The van der Waals surface area contributed by atoms with Gasteiger partial charge in [0.25, 0.3) is 0 Å². The maximum atomic E-state index is 14.8. The van der Waals surface area contributed by atoms with E-state index in [1.807, 2.05) is 13.0 Å². The molecule has 2 saturated heterocycles. The first-order valence-electron chi connectivity index (χ1n) is 11.0. The molecule has 0 radical (unpaired) electrons. The van der Waals surface area contributed by atoms with Crippen LogP contribution in [0.5, 0.6) is 0 Å². The Kier molecular flexibility index (Phi) is 5.37. The number of nitrogens with zero attached hydrogens (tertiary/aromatic N) is 1. The van der Waals surface area contributed by atoms with Crippen LogP contribution in [0.1, 0.15) is 34.6 Å². The fourth-order valence-electron chi connectivity index (χ4n) is 4.85. The van der Waals surface area contributed by atoms with Crippen LogP contribution in [0.4, 0.5) is 9.18 Å². The molecule has 2 aliphatic heterocycles. The fraction of sp³-hybridized carbons (Fsp3) is 0.333. The van der Waals surface area contributed by atoms with Gasteiger partial charge in [-0.1, -0.05) is 30.3 Å². The second kappa shape index (κ2) is 8.06. The van der Waals surface area contributed by atoms with Gasteiger partial charge in [0.2, 0.25) is 0 Å². The van der Waals surface area contributed by atoms with Gasteiger partial charge in [-0.3, -0.25) is 4.90 Å². The number of aromatic nitrogens is 1. The molecule has 5 rings (SSSR count). The standard InChI is InChI=1S/C24H24FN3O6S/c1-13(28-12-24(10-26-11-24)34-23(28)31)16-4-3-5-17-19(21(22(29)30)27-20(16)17)14-6-7-15(18(25)8-14)9-35(2,32)33/h3-8,13,26-27H,9-12H2,1-2H3,(H,29,30)/t13-/m0/s1. The first-order valence-corrected chi connectivity index (χ1v) is 13.1. The Morgan fingerprint density at radius 2 is 2.03 bits per heavy atom. The summed E-state index contributed by atoms with van der Waals surface area (Å²) in [6, 6.07) is 8.91. The number of H-pyrrole nitrogens is 1. The van der Waals surface area contributed by atoms with E-state index in [0.717, 1.165) is 12.3 Å². The lowest BCUT2D eigenvalue weighted by atomic mass is 9.95. The highest BCUT2D eigenvalue weighted by molar-refractivity contribution is 7.89. The summed E-state index contributed by atoms with van der Waals surface area (Å²) in [5.74, 6) is -2.42. The highest BCUT2D eigenvalue weighted by Gasteiger charge is 2.51. The number of carbonyl (C=O) groups is 2. The number of benzene rings is 2. The lowest BCUT2D eigenvalue weighted by molar-refractivity contribution is 0.0140. The number of amides is 1. The topological polar surface area (TPSA) is 129 Å². The molecular formula is C24H24FN3O6S. The molecule has 1 spiro atoms. The number of aromatic carboxylic acids is 1. The van der Waals surface area contributed by atoms with Crippen LogP contribution in [0.15, 0.2) is 36.4 Å². The zero-order valence-corrected chi connectivity index (χ0v) is 19.9. The van der Waals surface area contributed by atoms with Crippen molar-refractivity contribution in [2.45, 2.75) is 24.3 Å². The monoisotopic (exact) mass is 501 g/mol. The number of aromatic amines is 1. The Morgan fingerprint density at radius 1 is 1.29 bits per heavy atom. The minimum Gasteiger partial charge on any atom is -0.477 e. The van der Waals surface area contributed by atoms with E-state index in [1.165, 1.54) is 12.1 Å².